The van der Waals surface area contributed by atoms with Crippen molar-refractivity contribution in [1.29, 1.82) is 0 Å². The molecule has 0 aromatic carbocycles. The van der Waals surface area contributed by atoms with Gasteiger partial charge in [0.2, 0.25) is 0 Å². The largest absolute Gasteiger partial charge is 0.411 e. The minimum atomic E-state index is 0.806. The van der Waals surface area contributed by atoms with E-state index in [1.54, 1.807) is 6.20 Å². The number of hydrogen-bond acceptors (Lipinski definition) is 5. The fraction of sp³-hybridized carbons (Fsp3) is 0.455. The van der Waals surface area contributed by atoms with Crippen molar-refractivity contribution < 1.29 is 5.21 Å². The average molecular weight is 220 g/mol. The zero-order chi connectivity index (χ0) is 11.4. The monoisotopic (exact) mass is 220 g/mol. The van der Waals surface area contributed by atoms with Gasteiger partial charge in [0.05, 0.1) is 6.21 Å². The van der Waals surface area contributed by atoms with E-state index in [9.17, 15) is 0 Å². The third kappa shape index (κ3) is 2.49. The van der Waals surface area contributed by atoms with Crippen LogP contribution in [0.4, 0.5) is 5.82 Å². The molecule has 2 heterocycles. The zero-order valence-corrected chi connectivity index (χ0v) is 9.37. The third-order valence-electron chi connectivity index (χ3n) is 2.80. The Morgan fingerprint density at radius 2 is 2.06 bits per heavy atom. The van der Waals surface area contributed by atoms with Crippen molar-refractivity contribution >= 4 is 12.0 Å². The SMILES string of the molecule is CN1CCN(c2ccc(C=NO)cn2)CC1. The molecule has 0 radical (unpaired) electrons. The molecule has 0 saturated carbocycles. The molecule has 2 rings (SSSR count). The van der Waals surface area contributed by atoms with Gasteiger partial charge in [-0.2, -0.15) is 0 Å². The molecule has 0 aliphatic carbocycles. The Kier molecular flexibility index (Phi) is 3.36. The summed E-state index contributed by atoms with van der Waals surface area (Å²) in [5, 5.41) is 11.4. The fourth-order valence-electron chi connectivity index (χ4n) is 1.76. The lowest BCUT2D eigenvalue weighted by molar-refractivity contribution is 0.312. The number of hydrogen-bond donors (Lipinski definition) is 1. The van der Waals surface area contributed by atoms with Crippen molar-refractivity contribution in [2.45, 2.75) is 0 Å². The molecule has 86 valence electrons. The van der Waals surface area contributed by atoms with E-state index in [4.69, 9.17) is 5.21 Å². The second-order valence-electron chi connectivity index (χ2n) is 3.98. The molecule has 1 aromatic rings. The Hall–Kier alpha value is -1.62. The standard InChI is InChI=1S/C11H16N4O/c1-14-4-6-15(7-5-14)11-3-2-10(8-12-11)9-13-16/h2-3,8-9,16H,4-7H2,1H3. The lowest BCUT2D eigenvalue weighted by Gasteiger charge is -2.33. The predicted molar refractivity (Wildman–Crippen MR) is 63.3 cm³/mol. The second-order valence-corrected chi connectivity index (χ2v) is 3.98. The topological polar surface area (TPSA) is 52.0 Å². The highest BCUT2D eigenvalue weighted by atomic mass is 16.4. The van der Waals surface area contributed by atoms with Crippen LogP contribution in [0.15, 0.2) is 23.5 Å². The third-order valence-corrected chi connectivity index (χ3v) is 2.80. The normalized spacial score (nSPS) is 18.2. The maximum Gasteiger partial charge on any atom is 0.128 e. The number of nitrogens with zero attached hydrogens (tertiary/aromatic N) is 4. The van der Waals surface area contributed by atoms with Crippen LogP contribution >= 0.6 is 0 Å². The smallest absolute Gasteiger partial charge is 0.128 e. The molecule has 1 N–H and O–H groups in total. The van der Waals surface area contributed by atoms with E-state index < -0.39 is 0 Å². The molecule has 0 atom stereocenters. The summed E-state index contributed by atoms with van der Waals surface area (Å²) in [7, 11) is 2.13. The summed E-state index contributed by atoms with van der Waals surface area (Å²) in [6.45, 7) is 4.16. The van der Waals surface area contributed by atoms with Gasteiger partial charge in [-0.25, -0.2) is 4.98 Å². The molecule has 0 unspecified atom stereocenters. The molecule has 1 fully saturated rings. The van der Waals surface area contributed by atoms with Crippen LogP contribution in [0.2, 0.25) is 0 Å². The Morgan fingerprint density at radius 3 is 2.62 bits per heavy atom. The number of pyridine rings is 1. The van der Waals surface area contributed by atoms with Gasteiger partial charge in [-0.15, -0.1) is 0 Å². The van der Waals surface area contributed by atoms with E-state index in [1.807, 2.05) is 12.1 Å². The first-order valence-corrected chi connectivity index (χ1v) is 5.36. The van der Waals surface area contributed by atoms with E-state index in [2.05, 4.69) is 27.0 Å². The van der Waals surface area contributed by atoms with E-state index in [0.29, 0.717) is 0 Å². The number of rotatable bonds is 2. The Morgan fingerprint density at radius 1 is 1.31 bits per heavy atom. The molecular formula is C11H16N4O. The van der Waals surface area contributed by atoms with Gasteiger partial charge in [0.25, 0.3) is 0 Å². The van der Waals surface area contributed by atoms with E-state index >= 15 is 0 Å². The Labute approximate surface area is 95.0 Å². The molecule has 0 bridgehead atoms. The van der Waals surface area contributed by atoms with Crippen LogP contribution in [-0.4, -0.2) is 54.5 Å². The summed E-state index contributed by atoms with van der Waals surface area (Å²) in [6, 6.07) is 3.86. The van der Waals surface area contributed by atoms with Gasteiger partial charge >= 0.3 is 0 Å². The molecule has 5 nitrogen and oxygen atoms in total. The fourth-order valence-corrected chi connectivity index (χ4v) is 1.76. The Bertz CT molecular complexity index is 355. The summed E-state index contributed by atoms with van der Waals surface area (Å²) in [5.41, 5.74) is 0.806. The quantitative estimate of drug-likeness (QED) is 0.451. The lowest BCUT2D eigenvalue weighted by Crippen LogP contribution is -2.44. The summed E-state index contributed by atoms with van der Waals surface area (Å²) >= 11 is 0. The van der Waals surface area contributed by atoms with Crippen LogP contribution in [-0.2, 0) is 0 Å². The van der Waals surface area contributed by atoms with Crippen molar-refractivity contribution in [2.24, 2.45) is 5.16 Å². The van der Waals surface area contributed by atoms with Crippen LogP contribution < -0.4 is 4.90 Å². The van der Waals surface area contributed by atoms with Crippen molar-refractivity contribution in [3.8, 4) is 0 Å². The van der Waals surface area contributed by atoms with Gasteiger partial charge in [-0.3, -0.25) is 0 Å². The van der Waals surface area contributed by atoms with Crippen molar-refractivity contribution in [1.82, 2.24) is 9.88 Å². The molecule has 1 aromatic heterocycles. The molecule has 16 heavy (non-hydrogen) atoms. The second kappa shape index (κ2) is 4.94. The lowest BCUT2D eigenvalue weighted by atomic mass is 10.3. The molecule has 5 heteroatoms. The highest BCUT2D eigenvalue weighted by Crippen LogP contribution is 2.12. The summed E-state index contributed by atoms with van der Waals surface area (Å²) in [6.07, 6.45) is 3.09. The maximum atomic E-state index is 8.39. The minimum absolute atomic E-state index is 0.806. The van der Waals surface area contributed by atoms with Crippen LogP contribution in [0.5, 0.6) is 0 Å². The van der Waals surface area contributed by atoms with Crippen molar-refractivity contribution in [3.05, 3.63) is 23.9 Å². The van der Waals surface area contributed by atoms with Gasteiger partial charge in [0.15, 0.2) is 0 Å². The summed E-state index contributed by atoms with van der Waals surface area (Å²) in [4.78, 5) is 8.92. The number of oxime groups is 1. The molecule has 1 aliphatic rings. The van der Waals surface area contributed by atoms with Crippen molar-refractivity contribution in [2.75, 3.05) is 38.1 Å². The Balaban J connectivity index is 2.04. The minimum Gasteiger partial charge on any atom is -0.411 e. The number of anilines is 1. The molecule has 1 aliphatic heterocycles. The van der Waals surface area contributed by atoms with Gasteiger partial charge in [-0.05, 0) is 19.2 Å². The van der Waals surface area contributed by atoms with Crippen LogP contribution in [0.1, 0.15) is 5.56 Å². The first kappa shape index (κ1) is 10.9. The number of piperazine rings is 1. The zero-order valence-electron chi connectivity index (χ0n) is 9.37. The predicted octanol–water partition coefficient (Wildman–Crippen LogP) is 0.641. The first-order chi connectivity index (χ1) is 7.79. The molecule has 0 spiro atoms. The number of likely N-dealkylation sites (N-methyl/N-ethyl adjacent to an activating group) is 1. The van der Waals surface area contributed by atoms with Crippen LogP contribution in [0, 0.1) is 0 Å². The average Bonchev–Trinajstić information content (AvgIpc) is 2.32. The van der Waals surface area contributed by atoms with E-state index in [1.165, 1.54) is 6.21 Å². The van der Waals surface area contributed by atoms with E-state index in [0.717, 1.165) is 37.6 Å². The summed E-state index contributed by atoms with van der Waals surface area (Å²) < 4.78 is 0. The van der Waals surface area contributed by atoms with Gasteiger partial charge in [0.1, 0.15) is 5.82 Å². The highest BCUT2D eigenvalue weighted by molar-refractivity contribution is 5.78. The maximum absolute atomic E-state index is 8.39. The van der Waals surface area contributed by atoms with Crippen molar-refractivity contribution in [3.63, 3.8) is 0 Å². The van der Waals surface area contributed by atoms with Crippen LogP contribution in [0.3, 0.4) is 0 Å². The van der Waals surface area contributed by atoms with Gasteiger partial charge < -0.3 is 15.0 Å². The van der Waals surface area contributed by atoms with Gasteiger partial charge in [0, 0.05) is 37.9 Å². The molecule has 0 amide bonds. The first-order valence-electron chi connectivity index (χ1n) is 5.36. The molecule has 1 saturated heterocycles. The van der Waals surface area contributed by atoms with Gasteiger partial charge in [-0.1, -0.05) is 5.16 Å². The van der Waals surface area contributed by atoms with E-state index in [-0.39, 0.29) is 0 Å². The summed E-state index contributed by atoms with van der Waals surface area (Å²) in [5.74, 6) is 0.989. The van der Waals surface area contributed by atoms with Crippen LogP contribution in [0.25, 0.3) is 0 Å². The molecular weight excluding hydrogens is 204 g/mol. The highest BCUT2D eigenvalue weighted by Gasteiger charge is 2.14. The number of aromatic nitrogens is 1.